The second-order valence-electron chi connectivity index (χ2n) is 4.24. The van der Waals surface area contributed by atoms with Gasteiger partial charge in [-0.1, -0.05) is 11.6 Å². The summed E-state index contributed by atoms with van der Waals surface area (Å²) >= 11 is 7.64. The lowest BCUT2D eigenvalue weighted by molar-refractivity contribution is 0.579. The third-order valence-corrected chi connectivity index (χ3v) is 6.03. The van der Waals surface area contributed by atoms with Gasteiger partial charge in [0.2, 0.25) is 10.0 Å². The number of hydrogen-bond donors (Lipinski definition) is 1. The van der Waals surface area contributed by atoms with Gasteiger partial charge in [0.05, 0.1) is 15.5 Å². The molecule has 1 fully saturated rings. The van der Waals surface area contributed by atoms with Crippen LogP contribution in [0.1, 0.15) is 18.4 Å². The first kappa shape index (κ1) is 14.7. The van der Waals surface area contributed by atoms with Gasteiger partial charge in [0.15, 0.2) is 0 Å². The zero-order valence-corrected chi connectivity index (χ0v) is 12.5. The summed E-state index contributed by atoms with van der Waals surface area (Å²) in [6.45, 7) is 0.435. The molecular formula is C12H13ClN2O2S2. The number of hydrogen-bond acceptors (Lipinski definition) is 4. The third kappa shape index (κ3) is 3.63. The molecular weight excluding hydrogens is 304 g/mol. The minimum atomic E-state index is -3.55. The van der Waals surface area contributed by atoms with Crippen LogP contribution in [0.5, 0.6) is 0 Å². The Morgan fingerprint density at radius 1 is 1.53 bits per heavy atom. The zero-order chi connectivity index (χ0) is 13.9. The molecule has 0 aliphatic carbocycles. The number of halogens is 1. The van der Waals surface area contributed by atoms with Gasteiger partial charge in [-0.2, -0.15) is 17.0 Å². The highest BCUT2D eigenvalue weighted by Crippen LogP contribution is 2.26. The van der Waals surface area contributed by atoms with Crippen molar-refractivity contribution in [3.8, 4) is 6.07 Å². The Morgan fingerprint density at radius 2 is 2.32 bits per heavy atom. The highest BCUT2D eigenvalue weighted by Gasteiger charge is 2.20. The number of nitrogens with zero attached hydrogens (tertiary/aromatic N) is 1. The molecule has 1 aromatic rings. The Balaban J connectivity index is 2.10. The lowest BCUT2D eigenvalue weighted by Crippen LogP contribution is -2.29. The van der Waals surface area contributed by atoms with Crippen LogP contribution >= 0.6 is 23.4 Å². The molecule has 1 aliphatic heterocycles. The molecule has 1 unspecified atom stereocenters. The molecule has 1 atom stereocenters. The summed E-state index contributed by atoms with van der Waals surface area (Å²) in [5.41, 5.74) is 0.270. The molecule has 0 spiro atoms. The van der Waals surface area contributed by atoms with Crippen molar-refractivity contribution >= 4 is 33.4 Å². The summed E-state index contributed by atoms with van der Waals surface area (Å²) < 4.78 is 26.7. The monoisotopic (exact) mass is 316 g/mol. The predicted molar refractivity (Wildman–Crippen MR) is 76.8 cm³/mol. The van der Waals surface area contributed by atoms with E-state index in [1.165, 1.54) is 18.2 Å². The molecule has 1 aromatic carbocycles. The van der Waals surface area contributed by atoms with Crippen molar-refractivity contribution in [3.05, 3.63) is 28.8 Å². The molecule has 0 bridgehead atoms. The molecule has 4 nitrogen and oxygen atoms in total. The SMILES string of the molecule is N#Cc1ccc(S(=O)(=O)NCC2CCCS2)cc1Cl. The van der Waals surface area contributed by atoms with Gasteiger partial charge in [-0.25, -0.2) is 13.1 Å². The normalized spacial score (nSPS) is 19.3. The number of nitrogens with one attached hydrogen (secondary N) is 1. The molecule has 1 heterocycles. The van der Waals surface area contributed by atoms with Crippen LogP contribution in [-0.2, 0) is 10.0 Å². The molecule has 0 radical (unpaired) electrons. The first-order chi connectivity index (χ1) is 9.03. The van der Waals surface area contributed by atoms with Crippen LogP contribution < -0.4 is 4.72 Å². The standard InChI is InChI=1S/C12H13ClN2O2S2/c13-12-6-11(4-3-9(12)7-14)19(16,17)15-8-10-2-1-5-18-10/h3-4,6,10,15H,1-2,5,8H2. The minimum Gasteiger partial charge on any atom is -0.210 e. The van der Waals surface area contributed by atoms with Crippen molar-refractivity contribution in [2.75, 3.05) is 12.3 Å². The van der Waals surface area contributed by atoms with Crippen LogP contribution in [0.25, 0.3) is 0 Å². The number of nitriles is 1. The van der Waals surface area contributed by atoms with E-state index in [4.69, 9.17) is 16.9 Å². The van der Waals surface area contributed by atoms with Crippen molar-refractivity contribution in [2.45, 2.75) is 23.0 Å². The van der Waals surface area contributed by atoms with Gasteiger partial charge in [-0.05, 0) is 36.8 Å². The predicted octanol–water partition coefficient (Wildman–Crippen LogP) is 2.39. The van der Waals surface area contributed by atoms with Crippen molar-refractivity contribution in [2.24, 2.45) is 0 Å². The first-order valence-corrected chi connectivity index (χ1v) is 8.75. The number of rotatable bonds is 4. The number of sulfonamides is 1. The summed E-state index contributed by atoms with van der Waals surface area (Å²) in [7, 11) is -3.55. The Bertz CT molecular complexity index is 605. The van der Waals surface area contributed by atoms with Gasteiger partial charge < -0.3 is 0 Å². The molecule has 7 heteroatoms. The van der Waals surface area contributed by atoms with Crippen LogP contribution in [0.2, 0.25) is 5.02 Å². The van der Waals surface area contributed by atoms with Gasteiger partial charge in [-0.15, -0.1) is 0 Å². The second kappa shape index (κ2) is 6.14. The van der Waals surface area contributed by atoms with Gasteiger partial charge in [0.25, 0.3) is 0 Å². The smallest absolute Gasteiger partial charge is 0.210 e. The summed E-state index contributed by atoms with van der Waals surface area (Å²) in [4.78, 5) is 0.0968. The molecule has 2 rings (SSSR count). The largest absolute Gasteiger partial charge is 0.240 e. The molecule has 0 saturated carbocycles. The second-order valence-corrected chi connectivity index (χ2v) is 7.82. The molecule has 19 heavy (non-hydrogen) atoms. The van der Waals surface area contributed by atoms with E-state index in [0.717, 1.165) is 18.6 Å². The number of thioether (sulfide) groups is 1. The van der Waals surface area contributed by atoms with Crippen molar-refractivity contribution < 1.29 is 8.42 Å². The molecule has 0 aromatic heterocycles. The lowest BCUT2D eigenvalue weighted by Gasteiger charge is -2.11. The maximum absolute atomic E-state index is 12.1. The molecule has 0 amide bonds. The summed E-state index contributed by atoms with van der Waals surface area (Å²) in [6.07, 6.45) is 2.18. The number of benzene rings is 1. The van der Waals surface area contributed by atoms with E-state index in [0.29, 0.717) is 11.8 Å². The average molecular weight is 317 g/mol. The Morgan fingerprint density at radius 3 is 2.89 bits per heavy atom. The van der Waals surface area contributed by atoms with Crippen LogP contribution in [0.3, 0.4) is 0 Å². The first-order valence-electron chi connectivity index (χ1n) is 5.84. The maximum atomic E-state index is 12.1. The van der Waals surface area contributed by atoms with Crippen LogP contribution in [0.15, 0.2) is 23.1 Å². The van der Waals surface area contributed by atoms with Crippen molar-refractivity contribution in [1.82, 2.24) is 4.72 Å². The van der Waals surface area contributed by atoms with E-state index in [-0.39, 0.29) is 15.5 Å². The molecule has 1 N–H and O–H groups in total. The summed E-state index contributed by atoms with van der Waals surface area (Å²) in [6, 6.07) is 6.03. The van der Waals surface area contributed by atoms with E-state index < -0.39 is 10.0 Å². The van der Waals surface area contributed by atoms with Crippen molar-refractivity contribution in [1.29, 1.82) is 5.26 Å². The Hall–Kier alpha value is -0.740. The minimum absolute atomic E-state index is 0.0968. The van der Waals surface area contributed by atoms with E-state index >= 15 is 0 Å². The topological polar surface area (TPSA) is 70.0 Å². The lowest BCUT2D eigenvalue weighted by atomic mass is 10.2. The van der Waals surface area contributed by atoms with Gasteiger partial charge >= 0.3 is 0 Å². The Kier molecular flexibility index (Phi) is 4.74. The van der Waals surface area contributed by atoms with Crippen LogP contribution in [-0.4, -0.2) is 26.0 Å². The van der Waals surface area contributed by atoms with Crippen LogP contribution in [0.4, 0.5) is 0 Å². The fraction of sp³-hybridized carbons (Fsp3) is 0.417. The summed E-state index contributed by atoms with van der Waals surface area (Å²) in [5.74, 6) is 1.09. The maximum Gasteiger partial charge on any atom is 0.240 e. The van der Waals surface area contributed by atoms with Gasteiger partial charge in [0, 0.05) is 11.8 Å². The molecule has 102 valence electrons. The highest BCUT2D eigenvalue weighted by molar-refractivity contribution is 8.00. The average Bonchev–Trinajstić information content (AvgIpc) is 2.89. The third-order valence-electron chi connectivity index (χ3n) is 2.90. The molecule has 1 saturated heterocycles. The van der Waals surface area contributed by atoms with E-state index in [2.05, 4.69) is 4.72 Å². The quantitative estimate of drug-likeness (QED) is 0.926. The Labute approximate surface area is 122 Å². The fourth-order valence-electron chi connectivity index (χ4n) is 1.84. The van der Waals surface area contributed by atoms with Gasteiger partial charge in [-0.3, -0.25) is 0 Å². The van der Waals surface area contributed by atoms with Crippen molar-refractivity contribution in [3.63, 3.8) is 0 Å². The van der Waals surface area contributed by atoms with E-state index in [9.17, 15) is 8.42 Å². The summed E-state index contributed by atoms with van der Waals surface area (Å²) in [5, 5.41) is 9.26. The highest BCUT2D eigenvalue weighted by atomic mass is 35.5. The van der Waals surface area contributed by atoms with Crippen LogP contribution in [0, 0.1) is 11.3 Å². The van der Waals surface area contributed by atoms with Gasteiger partial charge in [0.1, 0.15) is 6.07 Å². The van der Waals surface area contributed by atoms with E-state index in [1.807, 2.05) is 6.07 Å². The zero-order valence-electron chi connectivity index (χ0n) is 10.1. The van der Waals surface area contributed by atoms with E-state index in [1.54, 1.807) is 11.8 Å². The fourth-order valence-corrected chi connectivity index (χ4v) is 4.55. The molecule has 1 aliphatic rings.